The molecule has 119 heavy (non-hydrogen) atoms. The van der Waals surface area contributed by atoms with Crippen molar-refractivity contribution in [3.63, 3.8) is 0 Å². The number of aromatic hydroxyl groups is 1. The molecule has 38 nitrogen and oxygen atoms in total. The molecule has 9 heterocycles. The highest BCUT2D eigenvalue weighted by molar-refractivity contribution is 7.97. The molecule has 0 atom stereocenters. The van der Waals surface area contributed by atoms with Gasteiger partial charge in [0.2, 0.25) is 5.82 Å². The second-order valence-corrected chi connectivity index (χ2v) is 28.4. The maximum Gasteiger partial charge on any atom is 0.336 e. The number of hydrogen-bond acceptors (Lipinski definition) is 18. The van der Waals surface area contributed by atoms with Crippen LogP contribution in [0.15, 0.2) is 171 Å². The molecule has 2 aliphatic rings. The Hall–Kier alpha value is -15.0. The van der Waals surface area contributed by atoms with Crippen molar-refractivity contribution in [3.8, 4) is 28.2 Å². The largest absolute Gasteiger partial charge is 0.508 e. The Morgan fingerprint density at radius 1 is 0.513 bits per heavy atom. The summed E-state index contributed by atoms with van der Waals surface area (Å²) in [6.45, 7) is 2.35. The number of amides is 8. The van der Waals surface area contributed by atoms with Gasteiger partial charge in [0, 0.05) is 178 Å². The minimum Gasteiger partial charge on any atom is -0.508 e. The lowest BCUT2D eigenvalue weighted by molar-refractivity contribution is 0.0695. The maximum atomic E-state index is 13.6. The van der Waals surface area contributed by atoms with Crippen LogP contribution in [0.2, 0.25) is 0 Å². The molecule has 1 aliphatic heterocycles. The van der Waals surface area contributed by atoms with Crippen LogP contribution in [0.5, 0.6) is 5.75 Å². The first-order valence-electron chi connectivity index (χ1n) is 37.1. The summed E-state index contributed by atoms with van der Waals surface area (Å²) in [5, 5.41) is 67.6. The van der Waals surface area contributed by atoms with Crippen LogP contribution in [-0.4, -0.2) is 189 Å². The number of aliphatic imine (C=N–C) groups is 3. The zero-order chi connectivity index (χ0) is 85.0. The van der Waals surface area contributed by atoms with Gasteiger partial charge in [-0.25, -0.2) is 19.8 Å². The van der Waals surface area contributed by atoms with E-state index < -0.39 is 53.2 Å². The van der Waals surface area contributed by atoms with Gasteiger partial charge < -0.3 is 115 Å². The number of hydrogen-bond donors (Lipinski definition) is 15. The number of thiol groups is 1. The molecule has 8 amide bonds. The van der Waals surface area contributed by atoms with E-state index in [1.165, 1.54) is 117 Å². The fourth-order valence-corrected chi connectivity index (χ4v) is 13.3. The minimum absolute atomic E-state index is 0.0100. The highest BCUT2D eigenvalue weighted by Crippen LogP contribution is 2.43. The molecule has 616 valence electrons. The fraction of sp³-hybridized carbons (Fsp3) is 0.237. The molecule has 0 unspecified atom stereocenters. The molecule has 12 rings (SSSR count). The SMILES string of the molecule is CN(CCCN=C(O)CCNC(=O)c1cc(NC(=O)c2cc(NC(=O)c3cc(NC(=O)c4cc(N=C(O)CCCNC(=O)c5cc(NC(=O)c6cc(NC(=O)c7nc(NC(=O)c8nccn8C)cn7C)cn6C)cn5C)cn4C)cn3C)cn2C)c[nH]1)CCCN=C(S)Nc1ccc(-c2c3ccc(=O)cc-3oc3cc(O)ccc23)c(C(=O)O)c1. The van der Waals surface area contributed by atoms with E-state index in [1.54, 1.807) is 111 Å². The van der Waals surface area contributed by atoms with E-state index in [0.29, 0.717) is 83.8 Å². The first-order chi connectivity index (χ1) is 56.9. The van der Waals surface area contributed by atoms with Crippen molar-refractivity contribution in [3.05, 3.63) is 208 Å². The van der Waals surface area contributed by atoms with Crippen molar-refractivity contribution in [2.24, 2.45) is 64.3 Å². The van der Waals surface area contributed by atoms with Crippen LogP contribution in [0.4, 0.5) is 45.6 Å². The van der Waals surface area contributed by atoms with Crippen LogP contribution >= 0.6 is 12.6 Å². The van der Waals surface area contributed by atoms with Crippen molar-refractivity contribution in [1.29, 1.82) is 0 Å². The van der Waals surface area contributed by atoms with Crippen molar-refractivity contribution >= 4 is 139 Å². The number of H-pyrrole nitrogens is 1. The number of aliphatic hydroxyl groups excluding tert-OH is 2. The average molecular weight is 1640 g/mol. The van der Waals surface area contributed by atoms with Gasteiger partial charge in [0.25, 0.3) is 47.3 Å². The lowest BCUT2D eigenvalue weighted by Crippen LogP contribution is -2.26. The summed E-state index contributed by atoms with van der Waals surface area (Å²) in [6, 6.07) is 22.4. The van der Waals surface area contributed by atoms with Gasteiger partial charge in [0.1, 0.15) is 51.3 Å². The monoisotopic (exact) mass is 1640 g/mol. The minimum atomic E-state index is -1.19. The molecule has 39 heteroatoms. The molecule has 1 aliphatic carbocycles. The summed E-state index contributed by atoms with van der Waals surface area (Å²) in [5.41, 5.74) is 4.65. The van der Waals surface area contributed by atoms with Crippen LogP contribution in [-0.2, 0) is 49.3 Å². The number of aliphatic hydroxyl groups is 2. The number of aromatic amines is 1. The van der Waals surface area contributed by atoms with E-state index in [0.717, 1.165) is 0 Å². The lowest BCUT2D eigenvalue weighted by Gasteiger charge is -2.17. The molecule has 0 bridgehead atoms. The van der Waals surface area contributed by atoms with Crippen LogP contribution in [0.3, 0.4) is 0 Å². The topological polar surface area (TPSA) is 489 Å². The van der Waals surface area contributed by atoms with Crippen molar-refractivity contribution in [1.82, 2.24) is 62.5 Å². The van der Waals surface area contributed by atoms with E-state index in [9.17, 15) is 68.4 Å². The number of benzene rings is 3. The molecule has 14 N–H and O–H groups in total. The number of fused-ring (bicyclic) bond motifs is 2. The molecule has 0 fully saturated rings. The molecular formula is C80H85N23O15S. The number of carbonyl (C=O) groups excluding carboxylic acids is 8. The summed E-state index contributed by atoms with van der Waals surface area (Å²) in [6.07, 6.45) is 15.5. The molecule has 0 radical (unpaired) electrons. The highest BCUT2D eigenvalue weighted by Gasteiger charge is 2.27. The van der Waals surface area contributed by atoms with Gasteiger partial charge in [-0.1, -0.05) is 6.07 Å². The Morgan fingerprint density at radius 2 is 1.07 bits per heavy atom. The van der Waals surface area contributed by atoms with E-state index >= 15 is 0 Å². The quantitative estimate of drug-likeness (QED) is 0.00599. The Morgan fingerprint density at radius 3 is 1.67 bits per heavy atom. The number of imidazole rings is 2. The Bertz CT molecular complexity index is 6050. The smallest absolute Gasteiger partial charge is 0.336 e. The molecule has 0 saturated carbocycles. The first kappa shape index (κ1) is 83.4. The first-order valence-corrected chi connectivity index (χ1v) is 37.5. The van der Waals surface area contributed by atoms with Gasteiger partial charge in [0.15, 0.2) is 34.0 Å². The third-order valence-corrected chi connectivity index (χ3v) is 19.1. The number of carboxylic acid groups (broad SMARTS) is 1. The van der Waals surface area contributed by atoms with Gasteiger partial charge >= 0.3 is 5.97 Å². The lowest BCUT2D eigenvalue weighted by atomic mass is 9.90. The number of anilines is 7. The number of phenols is 1. The number of aromatic carboxylic acids is 1. The molecule has 10 aromatic rings. The van der Waals surface area contributed by atoms with Gasteiger partial charge in [-0.3, -0.25) is 53.1 Å². The number of carboxylic acids is 1. The van der Waals surface area contributed by atoms with Gasteiger partial charge in [-0.05, 0) is 118 Å². The third kappa shape index (κ3) is 20.6. The van der Waals surface area contributed by atoms with Crippen LogP contribution < -0.4 is 53.3 Å². The van der Waals surface area contributed by atoms with Crippen molar-refractivity contribution < 1.29 is 68.0 Å². The number of phenolic OH excluding ortho intramolecular Hbond substituents is 1. The summed E-state index contributed by atoms with van der Waals surface area (Å²) < 4.78 is 16.5. The van der Waals surface area contributed by atoms with Crippen LogP contribution in [0.1, 0.15) is 127 Å². The van der Waals surface area contributed by atoms with Gasteiger partial charge in [0.05, 0.1) is 39.7 Å². The zero-order valence-corrected chi connectivity index (χ0v) is 66.6. The fourth-order valence-electron chi connectivity index (χ4n) is 13.1. The zero-order valence-electron chi connectivity index (χ0n) is 65.7. The standard InChI is InChI=1S/C80H85N23O15S/c1-96(26-11-22-85-80(119)93-44-13-16-53(56(28-44)79(116)117)68-54-17-14-51(104)35-63(54)118-64-36-52(105)15-18-55(64)68)25-10-21-81-66(106)19-23-84-71(108)57-29-45(37-86-57)88-73(110)60-32-48(40-100(60)5)91-75(112)61-33-49(41-101(61)6)90-74(111)59-30-46(38-99(59)4)87-67(107)12-9-20-83-72(109)58-31-47(39-98(58)3)89-76(113)62-34-50(42-102(62)7)92-78(115)70-94-65(43-103(70)8)95-77(114)69-82-24-27-97(69)2/h13-18,24,27-43,86,104H,9-12,19-23,25-26H2,1-8H3,(H,81,106)(H,83,109)(H,84,108)(H,87,107)(H,88,110)(H,89,113)(H,90,111)(H,91,112)(H,92,115)(H,95,114)(H,116,117)(H2,85,93,119). The van der Waals surface area contributed by atoms with Crippen molar-refractivity contribution in [2.45, 2.75) is 32.1 Å². The Labute approximate surface area is 683 Å². The predicted octanol–water partition coefficient (Wildman–Crippen LogP) is 8.95. The summed E-state index contributed by atoms with van der Waals surface area (Å²) in [4.78, 5) is 157. The molecule has 0 saturated heterocycles. The molecule has 8 aromatic heterocycles. The summed E-state index contributed by atoms with van der Waals surface area (Å²) >= 11 is 4.49. The highest BCUT2D eigenvalue weighted by atomic mass is 32.1. The number of rotatable bonds is 33. The predicted molar refractivity (Wildman–Crippen MR) is 450 cm³/mol. The average Bonchev–Trinajstić information content (AvgIpc) is 1.67. The van der Waals surface area contributed by atoms with Crippen LogP contribution in [0.25, 0.3) is 33.4 Å². The third-order valence-electron chi connectivity index (χ3n) is 18.9. The van der Waals surface area contributed by atoms with Crippen LogP contribution in [0, 0.1) is 0 Å². The summed E-state index contributed by atoms with van der Waals surface area (Å²) in [7, 11) is 13.3. The Balaban J connectivity index is 0.523. The number of amidine groups is 1. The molecule has 0 spiro atoms. The second kappa shape index (κ2) is 36.6. The molecular weight excluding hydrogens is 1560 g/mol. The Kier molecular flexibility index (Phi) is 25.7. The van der Waals surface area contributed by atoms with Gasteiger partial charge in [-0.15, -0.1) is 12.6 Å². The molecule has 2 aromatic carbocycles. The number of aromatic nitrogens is 10. The van der Waals surface area contributed by atoms with Crippen molar-refractivity contribution in [2.75, 3.05) is 83.5 Å². The number of nitrogens with zero attached hydrogens (tertiary/aromatic N) is 13. The number of aryl methyl sites for hydroxylation is 7. The van der Waals surface area contributed by atoms with E-state index in [-0.39, 0.29) is 146 Å². The summed E-state index contributed by atoms with van der Waals surface area (Å²) in [5.74, 6) is -5.32. The number of carbonyl (C=O) groups is 9. The second-order valence-electron chi connectivity index (χ2n) is 28.0. The van der Waals surface area contributed by atoms with E-state index in [4.69, 9.17) is 4.42 Å². The van der Waals surface area contributed by atoms with E-state index in [1.807, 2.05) is 7.05 Å². The maximum absolute atomic E-state index is 13.6. The van der Waals surface area contributed by atoms with E-state index in [2.05, 4.69) is 95.3 Å². The van der Waals surface area contributed by atoms with Gasteiger partial charge in [-0.2, -0.15) is 0 Å². The normalized spacial score (nSPS) is 11.8. The number of nitrogens with one attached hydrogen (secondary N) is 10.